The van der Waals surface area contributed by atoms with Gasteiger partial charge in [-0.25, -0.2) is 15.0 Å². The van der Waals surface area contributed by atoms with Crippen molar-refractivity contribution in [1.29, 1.82) is 0 Å². The zero-order valence-corrected chi connectivity index (χ0v) is 12.2. The van der Waals surface area contributed by atoms with Crippen LogP contribution >= 0.6 is 11.6 Å². The molecule has 1 aliphatic rings. The van der Waals surface area contributed by atoms with E-state index in [1.54, 1.807) is 6.20 Å². The molecule has 0 saturated heterocycles. The third-order valence-electron chi connectivity index (χ3n) is 3.24. The minimum atomic E-state index is 0.260. The van der Waals surface area contributed by atoms with Crippen LogP contribution in [0.4, 0.5) is 11.6 Å². The molecule has 0 unspecified atom stereocenters. The van der Waals surface area contributed by atoms with Gasteiger partial charge >= 0.3 is 0 Å². The maximum absolute atomic E-state index is 6.01. The van der Waals surface area contributed by atoms with Gasteiger partial charge in [-0.2, -0.15) is 0 Å². The van der Waals surface area contributed by atoms with Gasteiger partial charge in [-0.1, -0.05) is 17.7 Å². The van der Waals surface area contributed by atoms with Gasteiger partial charge in [-0.15, -0.1) is 0 Å². The van der Waals surface area contributed by atoms with Crippen molar-refractivity contribution in [3.63, 3.8) is 0 Å². The summed E-state index contributed by atoms with van der Waals surface area (Å²) in [6, 6.07) is 3.83. The Morgan fingerprint density at radius 2 is 2.14 bits per heavy atom. The van der Waals surface area contributed by atoms with Crippen LogP contribution in [0.5, 0.6) is 5.88 Å². The molecule has 3 N–H and O–H groups in total. The number of hydrogen-bond acceptors (Lipinski definition) is 6. The maximum atomic E-state index is 6.01. The number of nitrogen functional groups attached to an aromatic ring is 1. The number of ether oxygens (including phenoxy) is 1. The number of hydrogen-bond donors (Lipinski definition) is 2. The summed E-state index contributed by atoms with van der Waals surface area (Å²) >= 11 is 6.01. The van der Waals surface area contributed by atoms with Crippen LogP contribution in [-0.4, -0.2) is 21.6 Å². The normalized spacial score (nSPS) is 14.0. The Hall–Kier alpha value is -2.08. The van der Waals surface area contributed by atoms with Crippen LogP contribution in [-0.2, 0) is 6.54 Å². The zero-order chi connectivity index (χ0) is 14.7. The molecule has 0 aromatic carbocycles. The summed E-state index contributed by atoms with van der Waals surface area (Å²) in [5.41, 5.74) is 6.62. The SMILES string of the molecule is Nc1ncnc(NCc2ccc(OCC3CC3)nc2)c1Cl. The van der Waals surface area contributed by atoms with Gasteiger partial charge in [0, 0.05) is 18.8 Å². The highest BCUT2D eigenvalue weighted by Gasteiger charge is 2.22. The zero-order valence-electron chi connectivity index (χ0n) is 11.4. The number of aromatic nitrogens is 3. The highest BCUT2D eigenvalue weighted by Crippen LogP contribution is 2.29. The molecule has 2 aromatic heterocycles. The Balaban J connectivity index is 1.56. The van der Waals surface area contributed by atoms with Crippen LogP contribution in [0.2, 0.25) is 5.02 Å². The molecule has 2 heterocycles. The first-order valence-electron chi connectivity index (χ1n) is 6.80. The molecular weight excluding hydrogens is 290 g/mol. The van der Waals surface area contributed by atoms with Crippen molar-refractivity contribution in [3.05, 3.63) is 35.2 Å². The van der Waals surface area contributed by atoms with E-state index < -0.39 is 0 Å². The lowest BCUT2D eigenvalue weighted by atomic mass is 10.3. The predicted molar refractivity (Wildman–Crippen MR) is 81.2 cm³/mol. The smallest absolute Gasteiger partial charge is 0.213 e. The van der Waals surface area contributed by atoms with E-state index in [0.29, 0.717) is 23.3 Å². The average Bonchev–Trinajstić information content (AvgIpc) is 3.32. The highest BCUT2D eigenvalue weighted by molar-refractivity contribution is 6.35. The fourth-order valence-electron chi connectivity index (χ4n) is 1.78. The molecule has 1 aliphatic carbocycles. The van der Waals surface area contributed by atoms with Gasteiger partial charge in [-0.05, 0) is 24.3 Å². The van der Waals surface area contributed by atoms with E-state index in [2.05, 4.69) is 20.3 Å². The number of pyridine rings is 1. The standard InChI is InChI=1S/C14H16ClN5O/c15-12-13(16)19-8-20-14(12)18-6-10-3-4-11(17-5-10)21-7-9-1-2-9/h3-5,8-9H,1-2,6-7H2,(H3,16,18,19,20). The van der Waals surface area contributed by atoms with Gasteiger partial charge in [0.25, 0.3) is 0 Å². The molecule has 0 radical (unpaired) electrons. The minimum Gasteiger partial charge on any atom is -0.477 e. The molecule has 1 fully saturated rings. The molecule has 0 spiro atoms. The van der Waals surface area contributed by atoms with Crippen molar-refractivity contribution < 1.29 is 4.74 Å². The Morgan fingerprint density at radius 1 is 1.29 bits per heavy atom. The van der Waals surface area contributed by atoms with Gasteiger partial charge < -0.3 is 15.8 Å². The number of halogens is 1. The molecule has 21 heavy (non-hydrogen) atoms. The fraction of sp³-hybridized carbons (Fsp3) is 0.357. The molecule has 0 amide bonds. The van der Waals surface area contributed by atoms with Gasteiger partial charge in [0.2, 0.25) is 5.88 Å². The van der Waals surface area contributed by atoms with Crippen LogP contribution in [0, 0.1) is 5.92 Å². The predicted octanol–water partition coefficient (Wildman–Crippen LogP) is 2.51. The monoisotopic (exact) mass is 305 g/mol. The highest BCUT2D eigenvalue weighted by atomic mass is 35.5. The first-order valence-corrected chi connectivity index (χ1v) is 7.18. The molecule has 2 aromatic rings. The Bertz CT molecular complexity index is 615. The Labute approximate surface area is 127 Å². The molecule has 7 heteroatoms. The van der Waals surface area contributed by atoms with Crippen molar-refractivity contribution in [2.75, 3.05) is 17.7 Å². The van der Waals surface area contributed by atoms with Gasteiger partial charge in [0.15, 0.2) is 5.82 Å². The van der Waals surface area contributed by atoms with E-state index in [-0.39, 0.29) is 5.82 Å². The van der Waals surface area contributed by atoms with Crippen molar-refractivity contribution in [1.82, 2.24) is 15.0 Å². The van der Waals surface area contributed by atoms with Gasteiger partial charge in [0.05, 0.1) is 6.61 Å². The van der Waals surface area contributed by atoms with E-state index in [0.717, 1.165) is 18.1 Å². The van der Waals surface area contributed by atoms with E-state index >= 15 is 0 Å². The second kappa shape index (κ2) is 6.13. The van der Waals surface area contributed by atoms with E-state index in [9.17, 15) is 0 Å². The summed E-state index contributed by atoms with van der Waals surface area (Å²) in [6.45, 7) is 1.31. The summed E-state index contributed by atoms with van der Waals surface area (Å²) in [4.78, 5) is 12.1. The van der Waals surface area contributed by atoms with Crippen LogP contribution in [0.25, 0.3) is 0 Å². The summed E-state index contributed by atoms with van der Waals surface area (Å²) in [6.07, 6.45) is 5.68. The summed E-state index contributed by atoms with van der Waals surface area (Å²) in [7, 11) is 0. The lowest BCUT2D eigenvalue weighted by molar-refractivity contribution is 0.288. The molecule has 0 bridgehead atoms. The van der Waals surface area contributed by atoms with E-state index in [1.165, 1.54) is 19.2 Å². The second-order valence-corrected chi connectivity index (χ2v) is 5.41. The minimum absolute atomic E-state index is 0.260. The quantitative estimate of drug-likeness (QED) is 0.853. The summed E-state index contributed by atoms with van der Waals surface area (Å²) in [5.74, 6) is 2.16. The average molecular weight is 306 g/mol. The number of rotatable bonds is 6. The Kier molecular flexibility index (Phi) is 4.06. The third kappa shape index (κ3) is 3.72. The van der Waals surface area contributed by atoms with Crippen molar-refractivity contribution >= 4 is 23.2 Å². The molecule has 3 rings (SSSR count). The van der Waals surface area contributed by atoms with Crippen molar-refractivity contribution in [2.24, 2.45) is 5.92 Å². The number of nitrogens with zero attached hydrogens (tertiary/aromatic N) is 3. The van der Waals surface area contributed by atoms with Crippen molar-refractivity contribution in [2.45, 2.75) is 19.4 Å². The van der Waals surface area contributed by atoms with Gasteiger partial charge in [-0.3, -0.25) is 0 Å². The molecule has 0 aliphatic heterocycles. The molecular formula is C14H16ClN5O. The lowest BCUT2D eigenvalue weighted by Gasteiger charge is -2.09. The molecule has 0 atom stereocenters. The Morgan fingerprint density at radius 3 is 2.86 bits per heavy atom. The molecule has 1 saturated carbocycles. The van der Waals surface area contributed by atoms with Crippen LogP contribution in [0.1, 0.15) is 18.4 Å². The van der Waals surface area contributed by atoms with Crippen LogP contribution in [0.3, 0.4) is 0 Å². The number of nitrogens with two attached hydrogens (primary N) is 1. The second-order valence-electron chi connectivity index (χ2n) is 5.03. The fourth-order valence-corrected chi connectivity index (χ4v) is 1.95. The van der Waals surface area contributed by atoms with E-state index in [4.69, 9.17) is 22.1 Å². The molecule has 6 nitrogen and oxygen atoms in total. The first kappa shape index (κ1) is 13.9. The number of anilines is 2. The largest absolute Gasteiger partial charge is 0.477 e. The summed E-state index contributed by atoms with van der Waals surface area (Å²) in [5, 5.41) is 3.43. The maximum Gasteiger partial charge on any atom is 0.213 e. The van der Waals surface area contributed by atoms with Crippen LogP contribution < -0.4 is 15.8 Å². The van der Waals surface area contributed by atoms with Crippen LogP contribution in [0.15, 0.2) is 24.7 Å². The topological polar surface area (TPSA) is 86.0 Å². The third-order valence-corrected chi connectivity index (χ3v) is 3.61. The lowest BCUT2D eigenvalue weighted by Crippen LogP contribution is -2.05. The van der Waals surface area contributed by atoms with Gasteiger partial charge in [0.1, 0.15) is 17.2 Å². The first-order chi connectivity index (χ1) is 10.2. The van der Waals surface area contributed by atoms with Crippen molar-refractivity contribution in [3.8, 4) is 5.88 Å². The number of nitrogens with one attached hydrogen (secondary N) is 1. The molecule has 110 valence electrons. The van der Waals surface area contributed by atoms with E-state index in [1.807, 2.05) is 12.1 Å². The summed E-state index contributed by atoms with van der Waals surface area (Å²) < 4.78 is 5.59.